The molecule has 0 amide bonds. The van der Waals surface area contributed by atoms with Gasteiger partial charge < -0.3 is 4.98 Å². The lowest BCUT2D eigenvalue weighted by atomic mass is 10.2. The highest BCUT2D eigenvalue weighted by Crippen LogP contribution is 2.22. The Labute approximate surface area is 119 Å². The fourth-order valence-corrected chi connectivity index (χ4v) is 2.84. The van der Waals surface area contributed by atoms with Crippen LogP contribution in [0.2, 0.25) is 5.02 Å². The van der Waals surface area contributed by atoms with Crippen molar-refractivity contribution < 1.29 is 0 Å². The second-order valence-corrected chi connectivity index (χ2v) is 5.52. The maximum atomic E-state index is 5.86. The molecule has 6 heteroatoms. The van der Waals surface area contributed by atoms with Gasteiger partial charge in [-0.15, -0.1) is 11.8 Å². The average molecular weight is 291 g/mol. The number of benzene rings is 1. The van der Waals surface area contributed by atoms with Crippen molar-refractivity contribution in [3.8, 4) is 0 Å². The molecule has 0 unspecified atom stereocenters. The zero-order valence-corrected chi connectivity index (χ0v) is 11.6. The summed E-state index contributed by atoms with van der Waals surface area (Å²) in [6, 6.07) is 7.93. The Kier molecular flexibility index (Phi) is 3.66. The van der Waals surface area contributed by atoms with Crippen molar-refractivity contribution in [2.75, 3.05) is 5.75 Å². The van der Waals surface area contributed by atoms with E-state index in [9.17, 15) is 0 Å². The van der Waals surface area contributed by atoms with E-state index in [1.54, 1.807) is 24.4 Å². The van der Waals surface area contributed by atoms with Crippen LogP contribution in [0.25, 0.3) is 11.2 Å². The van der Waals surface area contributed by atoms with Gasteiger partial charge in [-0.2, -0.15) is 0 Å². The predicted molar refractivity (Wildman–Crippen MR) is 77.6 cm³/mol. The third kappa shape index (κ3) is 2.88. The van der Waals surface area contributed by atoms with E-state index in [2.05, 4.69) is 32.1 Å². The number of aromatic nitrogens is 4. The quantitative estimate of drug-likeness (QED) is 0.591. The van der Waals surface area contributed by atoms with Crippen LogP contribution >= 0.6 is 23.4 Å². The van der Waals surface area contributed by atoms with E-state index in [0.717, 1.165) is 27.7 Å². The van der Waals surface area contributed by atoms with Crippen molar-refractivity contribution in [2.45, 2.75) is 11.4 Å². The monoisotopic (exact) mass is 290 g/mol. The fourth-order valence-electron chi connectivity index (χ4n) is 1.77. The first kappa shape index (κ1) is 12.4. The van der Waals surface area contributed by atoms with Crippen molar-refractivity contribution in [1.29, 1.82) is 0 Å². The SMILES string of the molecule is Clc1ccc(CCSc2ncnc3nc[nH]c23)cc1. The molecule has 0 fully saturated rings. The summed E-state index contributed by atoms with van der Waals surface area (Å²) in [6.45, 7) is 0. The molecule has 0 saturated carbocycles. The molecule has 0 spiro atoms. The van der Waals surface area contributed by atoms with Gasteiger partial charge in [-0.3, -0.25) is 0 Å². The molecule has 0 saturated heterocycles. The van der Waals surface area contributed by atoms with E-state index < -0.39 is 0 Å². The van der Waals surface area contributed by atoms with Gasteiger partial charge in [-0.05, 0) is 24.1 Å². The molecule has 0 bridgehead atoms. The van der Waals surface area contributed by atoms with Gasteiger partial charge in [0.05, 0.1) is 6.33 Å². The largest absolute Gasteiger partial charge is 0.341 e. The number of aromatic amines is 1. The Bertz CT molecular complexity index is 680. The minimum Gasteiger partial charge on any atom is -0.341 e. The van der Waals surface area contributed by atoms with Gasteiger partial charge in [0, 0.05) is 10.8 Å². The molecular formula is C13H11ClN4S. The molecule has 3 aromatic rings. The molecule has 96 valence electrons. The van der Waals surface area contributed by atoms with Gasteiger partial charge in [-0.1, -0.05) is 23.7 Å². The van der Waals surface area contributed by atoms with Crippen LogP contribution in [0.3, 0.4) is 0 Å². The number of rotatable bonds is 4. The lowest BCUT2D eigenvalue weighted by molar-refractivity contribution is 1.08. The van der Waals surface area contributed by atoms with Crippen LogP contribution in [-0.4, -0.2) is 25.7 Å². The number of H-pyrrole nitrogens is 1. The molecule has 0 atom stereocenters. The standard InChI is InChI=1S/C13H11ClN4S/c14-10-3-1-9(2-4-10)5-6-19-13-11-12(16-7-15-11)17-8-18-13/h1-4,7-8H,5-6H2,(H,15,16,17,18). The Morgan fingerprint density at radius 3 is 2.79 bits per heavy atom. The lowest BCUT2D eigenvalue weighted by Gasteiger charge is -2.02. The number of imidazole rings is 1. The van der Waals surface area contributed by atoms with Crippen LogP contribution in [-0.2, 0) is 6.42 Å². The predicted octanol–water partition coefficient (Wildman–Crippen LogP) is 3.34. The molecule has 0 aliphatic rings. The highest BCUT2D eigenvalue weighted by atomic mass is 35.5. The second kappa shape index (κ2) is 5.59. The van der Waals surface area contributed by atoms with Gasteiger partial charge in [0.15, 0.2) is 5.65 Å². The first-order chi connectivity index (χ1) is 9.33. The number of hydrogen-bond acceptors (Lipinski definition) is 4. The van der Waals surface area contributed by atoms with Crippen LogP contribution in [0, 0.1) is 0 Å². The molecule has 3 rings (SSSR count). The molecule has 0 radical (unpaired) electrons. The number of fused-ring (bicyclic) bond motifs is 1. The molecule has 0 aliphatic heterocycles. The van der Waals surface area contributed by atoms with E-state index in [1.165, 1.54) is 5.56 Å². The summed E-state index contributed by atoms with van der Waals surface area (Å²) >= 11 is 7.56. The molecule has 2 heterocycles. The fraction of sp³-hybridized carbons (Fsp3) is 0.154. The molecule has 4 nitrogen and oxygen atoms in total. The van der Waals surface area contributed by atoms with Crippen molar-refractivity contribution in [2.24, 2.45) is 0 Å². The number of nitrogens with one attached hydrogen (secondary N) is 1. The molecule has 0 aliphatic carbocycles. The van der Waals surface area contributed by atoms with Gasteiger partial charge in [0.1, 0.15) is 16.9 Å². The van der Waals surface area contributed by atoms with Gasteiger partial charge in [-0.25, -0.2) is 15.0 Å². The number of thioether (sulfide) groups is 1. The smallest absolute Gasteiger partial charge is 0.181 e. The van der Waals surface area contributed by atoms with Crippen molar-refractivity contribution in [3.05, 3.63) is 47.5 Å². The summed E-state index contributed by atoms with van der Waals surface area (Å²) in [5.41, 5.74) is 2.89. The third-order valence-corrected chi connectivity index (χ3v) is 3.97. The topological polar surface area (TPSA) is 54.5 Å². The van der Waals surface area contributed by atoms with E-state index in [0.29, 0.717) is 5.65 Å². The van der Waals surface area contributed by atoms with Crippen LogP contribution in [0.4, 0.5) is 0 Å². The molecule has 1 aromatic carbocycles. The highest BCUT2D eigenvalue weighted by Gasteiger charge is 2.06. The van der Waals surface area contributed by atoms with Crippen LogP contribution < -0.4 is 0 Å². The van der Waals surface area contributed by atoms with Gasteiger partial charge >= 0.3 is 0 Å². The maximum Gasteiger partial charge on any atom is 0.181 e. The van der Waals surface area contributed by atoms with Gasteiger partial charge in [0.2, 0.25) is 0 Å². The molecular weight excluding hydrogens is 280 g/mol. The van der Waals surface area contributed by atoms with Crippen LogP contribution in [0.15, 0.2) is 41.9 Å². The molecule has 2 aromatic heterocycles. The number of aryl methyl sites for hydroxylation is 1. The Hall–Kier alpha value is -1.59. The summed E-state index contributed by atoms with van der Waals surface area (Å²) in [7, 11) is 0. The Morgan fingerprint density at radius 2 is 1.95 bits per heavy atom. The minimum absolute atomic E-state index is 0.712. The summed E-state index contributed by atoms with van der Waals surface area (Å²) in [6.07, 6.45) is 4.16. The third-order valence-electron chi connectivity index (χ3n) is 2.73. The Balaban J connectivity index is 1.66. The lowest BCUT2D eigenvalue weighted by Crippen LogP contribution is -1.91. The van der Waals surface area contributed by atoms with E-state index in [1.807, 2.05) is 12.1 Å². The average Bonchev–Trinajstić information content (AvgIpc) is 2.90. The van der Waals surface area contributed by atoms with Crippen molar-refractivity contribution >= 4 is 34.5 Å². The zero-order valence-electron chi connectivity index (χ0n) is 10.0. The van der Waals surface area contributed by atoms with Gasteiger partial charge in [0.25, 0.3) is 0 Å². The zero-order chi connectivity index (χ0) is 13.1. The summed E-state index contributed by atoms with van der Waals surface area (Å²) < 4.78 is 0. The number of nitrogens with zero attached hydrogens (tertiary/aromatic N) is 3. The van der Waals surface area contributed by atoms with Crippen molar-refractivity contribution in [3.63, 3.8) is 0 Å². The summed E-state index contributed by atoms with van der Waals surface area (Å²) in [4.78, 5) is 15.6. The van der Waals surface area contributed by atoms with Crippen LogP contribution in [0.5, 0.6) is 0 Å². The molecule has 1 N–H and O–H groups in total. The van der Waals surface area contributed by atoms with Crippen LogP contribution in [0.1, 0.15) is 5.56 Å². The highest BCUT2D eigenvalue weighted by molar-refractivity contribution is 7.99. The van der Waals surface area contributed by atoms with E-state index in [4.69, 9.17) is 11.6 Å². The van der Waals surface area contributed by atoms with E-state index >= 15 is 0 Å². The first-order valence-corrected chi connectivity index (χ1v) is 7.20. The van der Waals surface area contributed by atoms with Crippen molar-refractivity contribution in [1.82, 2.24) is 19.9 Å². The second-order valence-electron chi connectivity index (χ2n) is 4.00. The number of halogens is 1. The number of hydrogen-bond donors (Lipinski definition) is 1. The normalized spacial score (nSPS) is 11.0. The Morgan fingerprint density at radius 1 is 1.11 bits per heavy atom. The maximum absolute atomic E-state index is 5.86. The minimum atomic E-state index is 0.712. The summed E-state index contributed by atoms with van der Waals surface area (Å²) in [5.74, 6) is 0.951. The van der Waals surface area contributed by atoms with E-state index in [-0.39, 0.29) is 0 Å². The summed E-state index contributed by atoms with van der Waals surface area (Å²) in [5, 5.41) is 1.71. The molecule has 19 heavy (non-hydrogen) atoms. The first-order valence-electron chi connectivity index (χ1n) is 5.84.